The number of esters is 1. The Bertz CT molecular complexity index is 659. The van der Waals surface area contributed by atoms with Gasteiger partial charge in [-0.15, -0.1) is 0 Å². The summed E-state index contributed by atoms with van der Waals surface area (Å²) in [6.07, 6.45) is 9.48. The fourth-order valence-corrected chi connectivity index (χ4v) is 3.33. The van der Waals surface area contributed by atoms with Crippen molar-refractivity contribution in [3.05, 3.63) is 36.0 Å². The summed E-state index contributed by atoms with van der Waals surface area (Å²) in [4.78, 5) is 24.4. The van der Waals surface area contributed by atoms with Gasteiger partial charge >= 0.3 is 5.97 Å². The van der Waals surface area contributed by atoms with Crippen molar-refractivity contribution in [1.82, 2.24) is 4.72 Å². The second kappa shape index (κ2) is 5.57. The molecule has 0 fully saturated rings. The standard InChI is InChI=1S/C14H17NO5S/c1-20-13(17)11-7-6-10(9-15-21(2,18)19)14(11)8-4-3-5-12(14)16/h3-5,7-8,10,15H,6,9H2,1-2H3/t10-,14+/m1/s1. The molecule has 0 heterocycles. The van der Waals surface area contributed by atoms with Gasteiger partial charge in [-0.25, -0.2) is 17.9 Å². The molecular weight excluding hydrogens is 294 g/mol. The molecule has 2 atom stereocenters. The van der Waals surface area contributed by atoms with Gasteiger partial charge in [0.15, 0.2) is 5.78 Å². The molecule has 2 aliphatic carbocycles. The number of allylic oxidation sites excluding steroid dienone is 5. The molecule has 0 aromatic heterocycles. The highest BCUT2D eigenvalue weighted by molar-refractivity contribution is 7.88. The number of hydrogen-bond donors (Lipinski definition) is 1. The number of rotatable bonds is 4. The largest absolute Gasteiger partial charge is 0.466 e. The highest BCUT2D eigenvalue weighted by Crippen LogP contribution is 2.47. The topological polar surface area (TPSA) is 89.5 Å². The predicted octanol–water partition coefficient (Wildman–Crippen LogP) is 0.336. The summed E-state index contributed by atoms with van der Waals surface area (Å²) >= 11 is 0. The van der Waals surface area contributed by atoms with Gasteiger partial charge in [-0.05, 0) is 18.4 Å². The van der Waals surface area contributed by atoms with Gasteiger partial charge in [0, 0.05) is 6.54 Å². The molecular formula is C14H17NO5S. The Labute approximate surface area is 123 Å². The first-order valence-corrected chi connectivity index (χ1v) is 8.34. The van der Waals surface area contributed by atoms with E-state index in [1.807, 2.05) is 0 Å². The molecule has 6 nitrogen and oxygen atoms in total. The molecule has 0 saturated heterocycles. The molecule has 114 valence electrons. The number of nitrogens with one attached hydrogen (secondary N) is 1. The van der Waals surface area contributed by atoms with Crippen LogP contribution in [-0.4, -0.2) is 40.1 Å². The molecule has 0 radical (unpaired) electrons. The molecule has 1 spiro atoms. The van der Waals surface area contributed by atoms with E-state index in [4.69, 9.17) is 4.74 Å². The average molecular weight is 311 g/mol. The first kappa shape index (κ1) is 15.7. The Morgan fingerprint density at radius 2 is 2.19 bits per heavy atom. The van der Waals surface area contributed by atoms with Crippen LogP contribution in [0.2, 0.25) is 0 Å². The first-order chi connectivity index (χ1) is 9.81. The van der Waals surface area contributed by atoms with E-state index in [2.05, 4.69) is 4.72 Å². The lowest BCUT2D eigenvalue weighted by Gasteiger charge is -2.33. The van der Waals surface area contributed by atoms with Gasteiger partial charge < -0.3 is 4.74 Å². The number of hydrogen-bond acceptors (Lipinski definition) is 5. The Balaban J connectivity index is 2.36. The summed E-state index contributed by atoms with van der Waals surface area (Å²) < 4.78 is 29.7. The third-order valence-electron chi connectivity index (χ3n) is 3.82. The molecule has 7 heteroatoms. The van der Waals surface area contributed by atoms with Crippen molar-refractivity contribution < 1.29 is 22.7 Å². The molecule has 0 aromatic rings. The Hall–Kier alpha value is -1.73. The summed E-state index contributed by atoms with van der Waals surface area (Å²) in [5, 5.41) is 0. The molecule has 2 aliphatic rings. The summed E-state index contributed by atoms with van der Waals surface area (Å²) in [6, 6.07) is 0. The van der Waals surface area contributed by atoms with Crippen LogP contribution < -0.4 is 4.72 Å². The zero-order valence-electron chi connectivity index (χ0n) is 11.8. The van der Waals surface area contributed by atoms with E-state index in [0.717, 1.165) is 6.26 Å². The van der Waals surface area contributed by atoms with Crippen LogP contribution in [0.15, 0.2) is 36.0 Å². The van der Waals surface area contributed by atoms with Crippen LogP contribution in [0.1, 0.15) is 6.42 Å². The minimum Gasteiger partial charge on any atom is -0.466 e. The second-order valence-electron chi connectivity index (χ2n) is 5.11. The molecule has 2 rings (SSSR count). The summed E-state index contributed by atoms with van der Waals surface area (Å²) in [7, 11) is -2.11. The van der Waals surface area contributed by atoms with Crippen LogP contribution in [0.4, 0.5) is 0 Å². The van der Waals surface area contributed by atoms with E-state index >= 15 is 0 Å². The average Bonchev–Trinajstić information content (AvgIpc) is 2.78. The molecule has 0 bridgehead atoms. The molecule has 0 amide bonds. The number of sulfonamides is 1. The van der Waals surface area contributed by atoms with Crippen molar-refractivity contribution in [2.24, 2.45) is 11.3 Å². The summed E-state index contributed by atoms with van der Waals surface area (Å²) in [5.74, 6) is -1.15. The van der Waals surface area contributed by atoms with Crippen molar-refractivity contribution >= 4 is 21.8 Å². The van der Waals surface area contributed by atoms with Gasteiger partial charge in [0.25, 0.3) is 0 Å². The maximum Gasteiger partial charge on any atom is 0.334 e. The van der Waals surface area contributed by atoms with E-state index in [0.29, 0.717) is 6.42 Å². The Kier molecular flexibility index (Phi) is 4.15. The smallest absolute Gasteiger partial charge is 0.334 e. The van der Waals surface area contributed by atoms with E-state index in [9.17, 15) is 18.0 Å². The summed E-state index contributed by atoms with van der Waals surface area (Å²) in [5.41, 5.74) is -0.865. The van der Waals surface area contributed by atoms with Gasteiger partial charge in [0.1, 0.15) is 0 Å². The van der Waals surface area contributed by atoms with Crippen LogP contribution in [-0.2, 0) is 24.3 Å². The maximum atomic E-state index is 12.4. The number of carbonyl (C=O) groups excluding carboxylic acids is 2. The monoisotopic (exact) mass is 311 g/mol. The van der Waals surface area contributed by atoms with Gasteiger partial charge in [-0.1, -0.05) is 24.3 Å². The van der Waals surface area contributed by atoms with E-state index in [-0.39, 0.29) is 23.8 Å². The van der Waals surface area contributed by atoms with Crippen LogP contribution >= 0.6 is 0 Å². The van der Waals surface area contributed by atoms with Crippen molar-refractivity contribution in [1.29, 1.82) is 0 Å². The summed E-state index contributed by atoms with van der Waals surface area (Å²) in [6.45, 7) is 0.0831. The van der Waals surface area contributed by atoms with Crippen molar-refractivity contribution in [2.45, 2.75) is 6.42 Å². The molecule has 0 unspecified atom stereocenters. The molecule has 0 saturated carbocycles. The first-order valence-electron chi connectivity index (χ1n) is 6.45. The lowest BCUT2D eigenvalue weighted by Crippen LogP contribution is -2.43. The van der Waals surface area contributed by atoms with E-state index in [1.54, 1.807) is 24.3 Å². The van der Waals surface area contributed by atoms with Crippen molar-refractivity contribution in [2.75, 3.05) is 19.9 Å². The van der Waals surface area contributed by atoms with Crippen LogP contribution in [0, 0.1) is 11.3 Å². The zero-order valence-corrected chi connectivity index (χ0v) is 12.6. The lowest BCUT2D eigenvalue weighted by atomic mass is 9.68. The number of carbonyl (C=O) groups is 2. The van der Waals surface area contributed by atoms with Gasteiger partial charge in [-0.2, -0.15) is 0 Å². The van der Waals surface area contributed by atoms with Gasteiger partial charge in [0.2, 0.25) is 10.0 Å². The minimum atomic E-state index is -3.37. The number of ether oxygens (including phenoxy) is 1. The predicted molar refractivity (Wildman–Crippen MR) is 76.8 cm³/mol. The Morgan fingerprint density at radius 3 is 2.76 bits per heavy atom. The fourth-order valence-electron chi connectivity index (χ4n) is 2.82. The Morgan fingerprint density at radius 1 is 1.48 bits per heavy atom. The highest BCUT2D eigenvalue weighted by atomic mass is 32.2. The van der Waals surface area contributed by atoms with Gasteiger partial charge in [-0.3, -0.25) is 4.79 Å². The van der Waals surface area contributed by atoms with Crippen molar-refractivity contribution in [3.63, 3.8) is 0 Å². The van der Waals surface area contributed by atoms with Crippen LogP contribution in [0.3, 0.4) is 0 Å². The quantitative estimate of drug-likeness (QED) is 0.756. The fraction of sp³-hybridized carbons (Fsp3) is 0.429. The lowest BCUT2D eigenvalue weighted by molar-refractivity contribution is -0.139. The molecule has 1 N–H and O–H groups in total. The molecule has 0 aromatic carbocycles. The minimum absolute atomic E-state index is 0.0831. The SMILES string of the molecule is COC(=O)C1=CC[C@H](CNS(C)(=O)=O)[C@@]12C=CC=CC2=O. The molecule has 21 heavy (non-hydrogen) atoms. The number of ketones is 1. The number of methoxy groups -OCH3 is 1. The van der Waals surface area contributed by atoms with E-state index < -0.39 is 21.4 Å². The van der Waals surface area contributed by atoms with E-state index in [1.165, 1.54) is 13.2 Å². The zero-order chi connectivity index (χ0) is 15.7. The maximum absolute atomic E-state index is 12.4. The highest BCUT2D eigenvalue weighted by Gasteiger charge is 2.51. The molecule has 0 aliphatic heterocycles. The second-order valence-corrected chi connectivity index (χ2v) is 6.95. The third-order valence-corrected chi connectivity index (χ3v) is 4.51. The normalized spacial score (nSPS) is 28.0. The van der Waals surface area contributed by atoms with Crippen molar-refractivity contribution in [3.8, 4) is 0 Å². The van der Waals surface area contributed by atoms with Crippen LogP contribution in [0.25, 0.3) is 0 Å². The van der Waals surface area contributed by atoms with Gasteiger partial charge in [0.05, 0.1) is 24.4 Å². The van der Waals surface area contributed by atoms with Crippen LogP contribution in [0.5, 0.6) is 0 Å². The third kappa shape index (κ3) is 2.84.